The topological polar surface area (TPSA) is 101 Å². The largest absolute Gasteiger partial charge is 0.444 e. The van der Waals surface area contributed by atoms with Crippen molar-refractivity contribution in [2.24, 2.45) is 0 Å². The number of ether oxygens (including phenoxy) is 1. The van der Waals surface area contributed by atoms with Gasteiger partial charge < -0.3 is 19.9 Å². The maximum Gasteiger partial charge on any atom is 0.416 e. The van der Waals surface area contributed by atoms with Gasteiger partial charge in [-0.2, -0.15) is 26.3 Å². The number of hydrogen-bond acceptors (Lipinski definition) is 7. The van der Waals surface area contributed by atoms with Crippen LogP contribution in [0.2, 0.25) is 0 Å². The van der Waals surface area contributed by atoms with Crippen LogP contribution >= 0.6 is 0 Å². The monoisotopic (exact) mass is 560 g/mol. The number of carbonyl (C=O) groups is 2. The van der Waals surface area contributed by atoms with Crippen LogP contribution < -0.4 is 10.2 Å². The summed E-state index contributed by atoms with van der Waals surface area (Å²) in [7, 11) is 0. The average molecular weight is 560 g/mol. The lowest BCUT2D eigenvalue weighted by Crippen LogP contribution is -2.55. The molecule has 1 fully saturated rings. The SMILES string of the molecule is C[C@H]1CN(c2cc(C(F)(F)F)cc(-c3ncnc4c3[C@@H](C(F)(F)F)CC(=O)N4)n2)CCN1C(=O)OC(C)(C)C. The van der Waals surface area contributed by atoms with E-state index in [-0.39, 0.29) is 25.5 Å². The number of rotatable bonds is 2. The Morgan fingerprint density at radius 3 is 2.36 bits per heavy atom. The van der Waals surface area contributed by atoms with Crippen LogP contribution in [0.25, 0.3) is 11.4 Å². The van der Waals surface area contributed by atoms with E-state index in [1.165, 1.54) is 9.80 Å². The standard InChI is InChI=1S/C24H26F6N6O3/c1-12-10-35(5-6-36(12)21(38)39-22(2,3)4)16-8-13(23(25,26)27)7-15(33-16)19-18-14(24(28,29)30)9-17(37)34-20(18)32-11-31-19/h7-8,11-12,14H,5-6,9-10H2,1-4H3,(H,31,32,34,37)/t12-,14-/m0/s1. The summed E-state index contributed by atoms with van der Waals surface area (Å²) in [6, 6.07) is 0.955. The summed E-state index contributed by atoms with van der Waals surface area (Å²) in [6.45, 7) is 7.13. The molecule has 15 heteroatoms. The minimum atomic E-state index is -4.89. The molecule has 0 unspecified atom stereocenters. The summed E-state index contributed by atoms with van der Waals surface area (Å²) in [5, 5.41) is 2.23. The van der Waals surface area contributed by atoms with Gasteiger partial charge in [-0.15, -0.1) is 0 Å². The highest BCUT2D eigenvalue weighted by Gasteiger charge is 2.48. The molecule has 2 aromatic heterocycles. The van der Waals surface area contributed by atoms with Crippen molar-refractivity contribution in [2.45, 2.75) is 64.0 Å². The van der Waals surface area contributed by atoms with E-state index >= 15 is 0 Å². The van der Waals surface area contributed by atoms with E-state index in [1.807, 2.05) is 0 Å². The molecule has 0 radical (unpaired) electrons. The van der Waals surface area contributed by atoms with Gasteiger partial charge in [-0.3, -0.25) is 4.79 Å². The molecule has 1 saturated heterocycles. The van der Waals surface area contributed by atoms with Gasteiger partial charge >= 0.3 is 18.4 Å². The van der Waals surface area contributed by atoms with E-state index < -0.39 is 76.7 Å². The molecule has 4 rings (SSSR count). The number of alkyl halides is 6. The van der Waals surface area contributed by atoms with Gasteiger partial charge in [-0.1, -0.05) is 0 Å². The van der Waals surface area contributed by atoms with Crippen molar-refractivity contribution in [2.75, 3.05) is 29.9 Å². The highest BCUT2D eigenvalue weighted by atomic mass is 19.4. The fourth-order valence-corrected chi connectivity index (χ4v) is 4.50. The summed E-state index contributed by atoms with van der Waals surface area (Å²) in [4.78, 5) is 39.2. The van der Waals surface area contributed by atoms with Crippen LogP contribution in [0.1, 0.15) is 51.2 Å². The lowest BCUT2D eigenvalue weighted by molar-refractivity contribution is -0.156. The van der Waals surface area contributed by atoms with Crippen LogP contribution in [-0.4, -0.2) is 69.3 Å². The minimum absolute atomic E-state index is 0.0934. The molecule has 4 heterocycles. The molecular weight excluding hydrogens is 534 g/mol. The Labute approximate surface area is 219 Å². The summed E-state index contributed by atoms with van der Waals surface area (Å²) in [5.74, 6) is -3.83. The van der Waals surface area contributed by atoms with Crippen molar-refractivity contribution in [3.05, 3.63) is 29.6 Å². The highest BCUT2D eigenvalue weighted by molar-refractivity contribution is 5.95. The normalized spacial score (nSPS) is 20.4. The fourth-order valence-electron chi connectivity index (χ4n) is 4.50. The van der Waals surface area contributed by atoms with Crippen LogP contribution in [0, 0.1) is 0 Å². The van der Waals surface area contributed by atoms with E-state index in [9.17, 15) is 35.9 Å². The Balaban J connectivity index is 1.75. The summed E-state index contributed by atoms with van der Waals surface area (Å²) in [6.07, 6.45) is -10.4. The van der Waals surface area contributed by atoms with E-state index in [0.717, 1.165) is 12.4 Å². The molecule has 39 heavy (non-hydrogen) atoms. The number of hydrogen-bond donors (Lipinski definition) is 1. The zero-order valence-electron chi connectivity index (χ0n) is 21.4. The molecule has 2 amide bonds. The zero-order chi connectivity index (χ0) is 28.9. The van der Waals surface area contributed by atoms with Gasteiger partial charge in [0.1, 0.15) is 23.6 Å². The fraction of sp³-hybridized carbons (Fsp3) is 0.542. The molecule has 1 N–H and O–H groups in total. The molecule has 2 aliphatic heterocycles. The van der Waals surface area contributed by atoms with Crippen molar-refractivity contribution in [1.82, 2.24) is 19.9 Å². The first kappa shape index (κ1) is 28.4. The Bertz CT molecular complexity index is 1280. The first-order valence-electron chi connectivity index (χ1n) is 12.0. The van der Waals surface area contributed by atoms with E-state index in [1.54, 1.807) is 27.7 Å². The Morgan fingerprint density at radius 2 is 1.77 bits per heavy atom. The van der Waals surface area contributed by atoms with Crippen molar-refractivity contribution >= 4 is 23.6 Å². The number of piperazine rings is 1. The van der Waals surface area contributed by atoms with Crippen molar-refractivity contribution in [3.8, 4) is 11.4 Å². The van der Waals surface area contributed by atoms with Gasteiger partial charge in [0.15, 0.2) is 0 Å². The number of carbonyl (C=O) groups excluding carboxylic acids is 2. The van der Waals surface area contributed by atoms with Gasteiger partial charge in [0.25, 0.3) is 0 Å². The molecule has 212 valence electrons. The minimum Gasteiger partial charge on any atom is -0.444 e. The molecule has 0 aliphatic carbocycles. The summed E-state index contributed by atoms with van der Waals surface area (Å²) < 4.78 is 88.8. The smallest absolute Gasteiger partial charge is 0.416 e. The highest BCUT2D eigenvalue weighted by Crippen LogP contribution is 2.46. The third-order valence-electron chi connectivity index (χ3n) is 6.24. The molecule has 0 bridgehead atoms. The molecule has 0 aromatic carbocycles. The van der Waals surface area contributed by atoms with Gasteiger partial charge in [-0.05, 0) is 39.8 Å². The van der Waals surface area contributed by atoms with Gasteiger partial charge in [0, 0.05) is 37.7 Å². The number of aromatic nitrogens is 3. The number of amides is 2. The van der Waals surface area contributed by atoms with Crippen LogP contribution in [0.15, 0.2) is 18.5 Å². The van der Waals surface area contributed by atoms with Crippen molar-refractivity contribution in [1.29, 1.82) is 0 Å². The first-order chi connectivity index (χ1) is 17.9. The van der Waals surface area contributed by atoms with Gasteiger partial charge in [0.2, 0.25) is 5.91 Å². The predicted octanol–water partition coefficient (Wildman–Crippen LogP) is 4.99. The predicted molar refractivity (Wildman–Crippen MR) is 127 cm³/mol. The zero-order valence-corrected chi connectivity index (χ0v) is 21.4. The Hall–Kier alpha value is -3.65. The maximum atomic E-state index is 13.9. The molecule has 2 atom stereocenters. The quantitative estimate of drug-likeness (QED) is 0.517. The second kappa shape index (κ2) is 9.83. The lowest BCUT2D eigenvalue weighted by Gasteiger charge is -2.40. The van der Waals surface area contributed by atoms with E-state index in [0.29, 0.717) is 6.07 Å². The number of anilines is 2. The molecule has 2 aromatic rings. The molecule has 0 spiro atoms. The van der Waals surface area contributed by atoms with Crippen LogP contribution in [0.3, 0.4) is 0 Å². The van der Waals surface area contributed by atoms with Crippen LogP contribution in [-0.2, 0) is 15.7 Å². The number of nitrogens with one attached hydrogen (secondary N) is 1. The Morgan fingerprint density at radius 1 is 1.08 bits per heavy atom. The molecule has 9 nitrogen and oxygen atoms in total. The summed E-state index contributed by atoms with van der Waals surface area (Å²) >= 11 is 0. The third kappa shape index (κ3) is 6.17. The Kier molecular flexibility index (Phi) is 7.15. The van der Waals surface area contributed by atoms with Crippen LogP contribution in [0.5, 0.6) is 0 Å². The van der Waals surface area contributed by atoms with E-state index in [4.69, 9.17) is 4.74 Å². The first-order valence-corrected chi connectivity index (χ1v) is 12.0. The number of halogens is 6. The third-order valence-corrected chi connectivity index (χ3v) is 6.24. The molecular formula is C24H26F6N6O3. The number of pyridine rings is 1. The van der Waals surface area contributed by atoms with Gasteiger partial charge in [-0.25, -0.2) is 19.7 Å². The lowest BCUT2D eigenvalue weighted by atomic mass is 9.89. The van der Waals surface area contributed by atoms with Crippen molar-refractivity contribution < 1.29 is 40.7 Å². The maximum absolute atomic E-state index is 13.9. The van der Waals surface area contributed by atoms with E-state index in [2.05, 4.69) is 20.3 Å². The summed E-state index contributed by atoms with van der Waals surface area (Å²) in [5.41, 5.74) is -3.34. The van der Waals surface area contributed by atoms with Gasteiger partial charge in [0.05, 0.1) is 22.9 Å². The van der Waals surface area contributed by atoms with Crippen LogP contribution in [0.4, 0.5) is 42.8 Å². The molecule has 2 aliphatic rings. The average Bonchev–Trinajstić information content (AvgIpc) is 2.80. The number of nitrogens with zero attached hydrogens (tertiary/aromatic N) is 5. The number of fused-ring (bicyclic) bond motifs is 1. The second-order valence-electron chi connectivity index (χ2n) is 10.4. The second-order valence-corrected chi connectivity index (χ2v) is 10.4. The van der Waals surface area contributed by atoms with Crippen molar-refractivity contribution in [3.63, 3.8) is 0 Å². The molecule has 0 saturated carbocycles.